The first kappa shape index (κ1) is 12.9. The molecule has 0 fully saturated rings. The Kier molecular flexibility index (Phi) is 3.16. The molecule has 19 heavy (non-hydrogen) atoms. The molecule has 0 spiro atoms. The lowest BCUT2D eigenvalue weighted by molar-refractivity contribution is 0.0596. The number of ether oxygens (including phenoxy) is 1. The van der Waals surface area contributed by atoms with Crippen LogP contribution in [0.25, 0.3) is 5.69 Å². The maximum absolute atomic E-state index is 13.6. The Morgan fingerprint density at radius 3 is 2.53 bits per heavy atom. The number of nitrogen functional groups attached to an aromatic ring is 1. The number of benzene rings is 1. The first-order chi connectivity index (χ1) is 8.95. The van der Waals surface area contributed by atoms with Crippen molar-refractivity contribution in [1.29, 1.82) is 0 Å². The summed E-state index contributed by atoms with van der Waals surface area (Å²) in [6, 6.07) is 0.992. The number of aromatic nitrogens is 2. The summed E-state index contributed by atoms with van der Waals surface area (Å²) in [5.41, 5.74) is 4.98. The minimum absolute atomic E-state index is 0.239. The largest absolute Gasteiger partial charge is 0.464 e. The van der Waals surface area contributed by atoms with Crippen LogP contribution in [-0.4, -0.2) is 22.6 Å². The molecule has 0 radical (unpaired) electrons. The zero-order chi connectivity index (χ0) is 14.2. The maximum Gasteiger partial charge on any atom is 0.360 e. The Balaban J connectivity index is 2.57. The van der Waals surface area contributed by atoms with Gasteiger partial charge in [-0.2, -0.15) is 0 Å². The standard InChI is InChI=1S/C11H8F3N3O2/c1-19-11(18)9-10(15)17(4-16-9)8-3-6(13)5(12)2-7(8)14/h2-4H,15H2,1H3. The SMILES string of the molecule is COC(=O)c1ncn(-c2cc(F)c(F)cc2F)c1N. The lowest BCUT2D eigenvalue weighted by atomic mass is 10.2. The molecular weight excluding hydrogens is 263 g/mol. The van der Waals surface area contributed by atoms with Crippen molar-refractivity contribution in [2.45, 2.75) is 0 Å². The van der Waals surface area contributed by atoms with Crippen LogP contribution in [0.15, 0.2) is 18.5 Å². The Bertz CT molecular complexity index is 655. The quantitative estimate of drug-likeness (QED) is 0.666. The zero-order valence-corrected chi connectivity index (χ0v) is 9.65. The van der Waals surface area contributed by atoms with E-state index in [2.05, 4.69) is 9.72 Å². The topological polar surface area (TPSA) is 70.1 Å². The van der Waals surface area contributed by atoms with Gasteiger partial charge in [-0.05, 0) is 0 Å². The molecule has 0 amide bonds. The number of hydrogen-bond acceptors (Lipinski definition) is 4. The summed E-state index contributed by atoms with van der Waals surface area (Å²) in [5.74, 6) is -4.67. The Hall–Kier alpha value is -2.51. The average Bonchev–Trinajstić information content (AvgIpc) is 2.75. The van der Waals surface area contributed by atoms with Crippen LogP contribution < -0.4 is 5.73 Å². The lowest BCUT2D eigenvalue weighted by Crippen LogP contribution is -2.08. The fraction of sp³-hybridized carbons (Fsp3) is 0.0909. The number of anilines is 1. The van der Waals surface area contributed by atoms with Crippen molar-refractivity contribution >= 4 is 11.8 Å². The highest BCUT2D eigenvalue weighted by Gasteiger charge is 2.19. The van der Waals surface area contributed by atoms with Gasteiger partial charge in [0.15, 0.2) is 17.3 Å². The van der Waals surface area contributed by atoms with Gasteiger partial charge >= 0.3 is 5.97 Å². The summed E-state index contributed by atoms with van der Waals surface area (Å²) in [7, 11) is 1.12. The molecule has 100 valence electrons. The van der Waals surface area contributed by atoms with E-state index in [1.54, 1.807) is 0 Å². The molecule has 0 aliphatic carbocycles. The molecule has 2 N–H and O–H groups in total. The van der Waals surface area contributed by atoms with Crippen molar-refractivity contribution in [2.24, 2.45) is 0 Å². The van der Waals surface area contributed by atoms with Crippen LogP contribution in [0.5, 0.6) is 0 Å². The number of rotatable bonds is 2. The van der Waals surface area contributed by atoms with Crippen LogP contribution >= 0.6 is 0 Å². The van der Waals surface area contributed by atoms with Crippen LogP contribution in [0.1, 0.15) is 10.5 Å². The Morgan fingerprint density at radius 2 is 1.89 bits per heavy atom. The van der Waals surface area contributed by atoms with E-state index in [4.69, 9.17) is 5.73 Å². The van der Waals surface area contributed by atoms with Gasteiger partial charge in [0.25, 0.3) is 0 Å². The van der Waals surface area contributed by atoms with E-state index in [1.165, 1.54) is 0 Å². The fourth-order valence-corrected chi connectivity index (χ4v) is 1.50. The molecule has 8 heteroatoms. The molecule has 1 aromatic heterocycles. The third-order valence-corrected chi connectivity index (χ3v) is 2.43. The van der Waals surface area contributed by atoms with E-state index < -0.39 is 23.4 Å². The third-order valence-electron chi connectivity index (χ3n) is 2.43. The highest BCUT2D eigenvalue weighted by atomic mass is 19.2. The van der Waals surface area contributed by atoms with Gasteiger partial charge < -0.3 is 10.5 Å². The van der Waals surface area contributed by atoms with Crippen molar-refractivity contribution in [3.63, 3.8) is 0 Å². The van der Waals surface area contributed by atoms with Crippen molar-refractivity contribution in [3.8, 4) is 5.69 Å². The molecule has 1 aromatic carbocycles. The van der Waals surface area contributed by atoms with Gasteiger partial charge in [0.05, 0.1) is 12.8 Å². The predicted octanol–water partition coefficient (Wildman–Crippen LogP) is 1.66. The fourth-order valence-electron chi connectivity index (χ4n) is 1.50. The summed E-state index contributed by atoms with van der Waals surface area (Å²) in [6.07, 6.45) is 1.01. The third kappa shape index (κ3) is 2.12. The first-order valence-electron chi connectivity index (χ1n) is 5.01. The Labute approximate surface area is 105 Å². The van der Waals surface area contributed by atoms with Crippen LogP contribution in [0.2, 0.25) is 0 Å². The number of carbonyl (C=O) groups is 1. The summed E-state index contributed by atoms with van der Waals surface area (Å²) in [5, 5.41) is 0. The number of methoxy groups -OCH3 is 1. The van der Waals surface area contributed by atoms with E-state index in [9.17, 15) is 18.0 Å². The molecule has 0 bridgehead atoms. The lowest BCUT2D eigenvalue weighted by Gasteiger charge is -2.07. The molecule has 0 saturated carbocycles. The first-order valence-corrected chi connectivity index (χ1v) is 5.01. The molecular formula is C11H8F3N3O2. The highest BCUT2D eigenvalue weighted by Crippen LogP contribution is 2.22. The molecule has 5 nitrogen and oxygen atoms in total. The molecule has 2 rings (SSSR count). The summed E-state index contributed by atoms with van der Waals surface area (Å²) >= 11 is 0. The van der Waals surface area contributed by atoms with Gasteiger partial charge in [-0.3, -0.25) is 4.57 Å². The number of esters is 1. The minimum Gasteiger partial charge on any atom is -0.464 e. The van der Waals surface area contributed by atoms with Crippen LogP contribution in [0.3, 0.4) is 0 Å². The van der Waals surface area contributed by atoms with E-state index in [0.717, 1.165) is 18.0 Å². The predicted molar refractivity (Wildman–Crippen MR) is 59.2 cm³/mol. The normalized spacial score (nSPS) is 10.5. The maximum atomic E-state index is 13.6. The zero-order valence-electron chi connectivity index (χ0n) is 9.65. The van der Waals surface area contributed by atoms with Crippen molar-refractivity contribution in [3.05, 3.63) is 41.6 Å². The van der Waals surface area contributed by atoms with E-state index in [0.29, 0.717) is 12.1 Å². The molecule has 1 heterocycles. The second-order valence-corrected chi connectivity index (χ2v) is 3.56. The highest BCUT2D eigenvalue weighted by molar-refractivity contribution is 5.92. The molecule has 0 unspecified atom stereocenters. The monoisotopic (exact) mass is 271 g/mol. The molecule has 0 aliphatic heterocycles. The number of nitrogens with zero attached hydrogens (tertiary/aromatic N) is 2. The van der Waals surface area contributed by atoms with Crippen molar-refractivity contribution in [2.75, 3.05) is 12.8 Å². The van der Waals surface area contributed by atoms with E-state index >= 15 is 0 Å². The molecule has 0 saturated heterocycles. The summed E-state index contributed by atoms with van der Waals surface area (Å²) in [4.78, 5) is 14.9. The Morgan fingerprint density at radius 1 is 1.26 bits per heavy atom. The number of hydrogen-bond donors (Lipinski definition) is 1. The average molecular weight is 271 g/mol. The van der Waals surface area contributed by atoms with Gasteiger partial charge in [-0.25, -0.2) is 22.9 Å². The van der Waals surface area contributed by atoms with Gasteiger partial charge in [0.1, 0.15) is 18.0 Å². The van der Waals surface area contributed by atoms with Gasteiger partial charge in [0, 0.05) is 12.1 Å². The number of imidazole rings is 1. The molecule has 0 aliphatic rings. The summed E-state index contributed by atoms with van der Waals surface area (Å²) < 4.78 is 44.8. The minimum atomic E-state index is -1.33. The summed E-state index contributed by atoms with van der Waals surface area (Å²) in [6.45, 7) is 0. The second kappa shape index (κ2) is 4.63. The van der Waals surface area contributed by atoms with Gasteiger partial charge in [0.2, 0.25) is 0 Å². The van der Waals surface area contributed by atoms with Crippen molar-refractivity contribution in [1.82, 2.24) is 9.55 Å². The number of nitrogens with two attached hydrogens (primary N) is 1. The van der Waals surface area contributed by atoms with Gasteiger partial charge in [-0.1, -0.05) is 0 Å². The van der Waals surface area contributed by atoms with Crippen LogP contribution in [0.4, 0.5) is 19.0 Å². The molecule has 2 aromatic rings. The van der Waals surface area contributed by atoms with E-state index in [1.807, 2.05) is 0 Å². The molecule has 0 atom stereocenters. The number of carbonyl (C=O) groups excluding carboxylic acids is 1. The smallest absolute Gasteiger partial charge is 0.360 e. The van der Waals surface area contributed by atoms with Crippen molar-refractivity contribution < 1.29 is 22.7 Å². The van der Waals surface area contributed by atoms with E-state index in [-0.39, 0.29) is 17.2 Å². The van der Waals surface area contributed by atoms with Crippen LogP contribution in [-0.2, 0) is 4.74 Å². The second-order valence-electron chi connectivity index (χ2n) is 3.56. The van der Waals surface area contributed by atoms with Gasteiger partial charge in [-0.15, -0.1) is 0 Å². The number of halogens is 3. The van der Waals surface area contributed by atoms with Crippen LogP contribution in [0, 0.1) is 17.5 Å².